The van der Waals surface area contributed by atoms with E-state index in [1.807, 2.05) is 0 Å². The van der Waals surface area contributed by atoms with E-state index in [9.17, 15) is 47.9 Å². The van der Waals surface area contributed by atoms with Gasteiger partial charge in [0.05, 0.1) is 0 Å². The standard InChI is InChI=1S/C14H14F9IO3S/c1-10(2,3)24(9-7-5-4-6-8-9)27-28(25,26)14(22,23)12(17,18)11(15,16)13(19,20)21/h4-8H,1-3H3. The first-order valence-corrected chi connectivity index (χ1v) is 11.5. The molecule has 1 aromatic carbocycles. The molecule has 0 aliphatic rings. The average Bonchev–Trinajstić information content (AvgIpc) is 2.50. The Morgan fingerprint density at radius 3 is 1.57 bits per heavy atom. The van der Waals surface area contributed by atoms with E-state index in [0.29, 0.717) is 0 Å². The minimum atomic E-state index is -7.33. The molecule has 1 aromatic rings. The molecular formula is C14H14F9IO3S. The van der Waals surface area contributed by atoms with Crippen molar-refractivity contribution in [3.8, 4) is 0 Å². The first-order valence-electron chi connectivity index (χ1n) is 7.10. The SMILES string of the molecule is CC(C)(C)I(OS(=O)(=O)C(F)(F)C(F)(F)C(F)(F)C(F)(F)F)c1ccccc1. The number of alkyl halides is 10. The van der Waals surface area contributed by atoms with Gasteiger partial charge < -0.3 is 0 Å². The van der Waals surface area contributed by atoms with Crippen LogP contribution in [0.15, 0.2) is 30.3 Å². The summed E-state index contributed by atoms with van der Waals surface area (Å²) in [6, 6.07) is 6.65. The summed E-state index contributed by atoms with van der Waals surface area (Å²) in [5.74, 6) is -14.6. The van der Waals surface area contributed by atoms with Gasteiger partial charge in [0.2, 0.25) is 0 Å². The van der Waals surface area contributed by atoms with Crippen LogP contribution in [0, 0.1) is 3.57 Å². The predicted octanol–water partition coefficient (Wildman–Crippen LogP) is 5.85. The van der Waals surface area contributed by atoms with Crippen molar-refractivity contribution in [2.75, 3.05) is 0 Å². The van der Waals surface area contributed by atoms with Gasteiger partial charge in [-0.15, -0.1) is 0 Å². The van der Waals surface area contributed by atoms with Gasteiger partial charge in [-0.2, -0.15) is 0 Å². The maximum atomic E-state index is 13.9. The zero-order chi connectivity index (χ0) is 22.4. The first-order chi connectivity index (χ1) is 12.2. The van der Waals surface area contributed by atoms with E-state index in [4.69, 9.17) is 0 Å². The quantitative estimate of drug-likeness (QED) is 0.249. The molecule has 28 heavy (non-hydrogen) atoms. The maximum absolute atomic E-state index is 13.9. The third-order valence-corrected chi connectivity index (χ3v) is 11.5. The van der Waals surface area contributed by atoms with E-state index in [1.165, 1.54) is 51.1 Å². The Kier molecular flexibility index (Phi) is 6.75. The van der Waals surface area contributed by atoms with Crippen molar-refractivity contribution < 1.29 is 50.4 Å². The number of rotatable bonds is 6. The molecule has 0 amide bonds. The predicted molar refractivity (Wildman–Crippen MR) is 89.8 cm³/mol. The molecule has 0 unspecified atom stereocenters. The summed E-state index contributed by atoms with van der Waals surface area (Å²) < 4.78 is 144. The van der Waals surface area contributed by atoms with Crippen LogP contribution in [-0.4, -0.2) is 35.1 Å². The number of hydrogen-bond donors (Lipinski definition) is 0. The molecule has 0 saturated carbocycles. The first kappa shape index (κ1) is 25.3. The fourth-order valence-corrected chi connectivity index (χ4v) is 9.85. The van der Waals surface area contributed by atoms with Crippen LogP contribution in [0.3, 0.4) is 0 Å². The van der Waals surface area contributed by atoms with E-state index in [2.05, 4.69) is 2.51 Å². The van der Waals surface area contributed by atoms with E-state index in [0.717, 1.165) is 0 Å². The molecule has 0 N–H and O–H groups in total. The summed E-state index contributed by atoms with van der Waals surface area (Å²) in [6.45, 7) is 3.96. The fourth-order valence-electron chi connectivity index (χ4n) is 1.63. The van der Waals surface area contributed by atoms with E-state index in [-0.39, 0.29) is 3.57 Å². The number of hydrogen-bond acceptors (Lipinski definition) is 3. The van der Waals surface area contributed by atoms with Crippen molar-refractivity contribution in [1.82, 2.24) is 0 Å². The molecule has 3 nitrogen and oxygen atoms in total. The van der Waals surface area contributed by atoms with E-state index in [1.54, 1.807) is 0 Å². The van der Waals surface area contributed by atoms with Gasteiger partial charge in [-0.1, -0.05) is 0 Å². The molecule has 0 saturated heterocycles. The van der Waals surface area contributed by atoms with Gasteiger partial charge in [-0.25, -0.2) is 0 Å². The molecule has 0 radical (unpaired) electrons. The Labute approximate surface area is 162 Å². The summed E-state index contributed by atoms with van der Waals surface area (Å²) in [7, 11) is -6.89. The van der Waals surface area contributed by atoms with Crippen LogP contribution in [0.4, 0.5) is 39.5 Å². The van der Waals surface area contributed by atoms with Gasteiger partial charge in [0.15, 0.2) is 0 Å². The molecular weight excluding hydrogens is 546 g/mol. The second kappa shape index (κ2) is 7.49. The summed E-state index contributed by atoms with van der Waals surface area (Å²) in [5, 5.41) is -6.85. The van der Waals surface area contributed by atoms with Crippen molar-refractivity contribution in [3.63, 3.8) is 0 Å². The van der Waals surface area contributed by atoms with Gasteiger partial charge in [0.25, 0.3) is 0 Å². The van der Waals surface area contributed by atoms with Crippen molar-refractivity contribution in [3.05, 3.63) is 33.9 Å². The zero-order valence-corrected chi connectivity index (χ0v) is 17.3. The molecule has 1 rings (SSSR count). The molecule has 0 aromatic heterocycles. The van der Waals surface area contributed by atoms with Gasteiger partial charge in [-0.05, 0) is 0 Å². The summed E-state index contributed by atoms with van der Waals surface area (Å²) in [4.78, 5) is 0. The number of benzene rings is 1. The Bertz CT molecular complexity index is 787. The van der Waals surface area contributed by atoms with Crippen molar-refractivity contribution in [2.45, 2.75) is 47.5 Å². The third kappa shape index (κ3) is 4.37. The second-order valence-electron chi connectivity index (χ2n) is 6.29. The normalized spacial score (nSPS) is 15.5. The van der Waals surface area contributed by atoms with Crippen LogP contribution in [-0.2, 0) is 12.6 Å². The molecule has 0 spiro atoms. The van der Waals surface area contributed by atoms with Gasteiger partial charge >= 0.3 is 162 Å². The van der Waals surface area contributed by atoms with Crippen LogP contribution >= 0.6 is 20.2 Å². The molecule has 164 valence electrons. The molecule has 0 fully saturated rings. The molecule has 0 atom stereocenters. The Morgan fingerprint density at radius 1 is 0.786 bits per heavy atom. The molecule has 0 aliphatic carbocycles. The monoisotopic (exact) mass is 560 g/mol. The van der Waals surface area contributed by atoms with Gasteiger partial charge in [0.1, 0.15) is 0 Å². The third-order valence-electron chi connectivity index (χ3n) is 3.02. The fraction of sp³-hybridized carbons (Fsp3) is 0.571. The molecule has 14 heteroatoms. The Morgan fingerprint density at radius 2 is 1.21 bits per heavy atom. The summed E-state index contributed by atoms with van der Waals surface area (Å²) in [5.41, 5.74) is 0. The van der Waals surface area contributed by atoms with Gasteiger partial charge in [-0.3, -0.25) is 0 Å². The van der Waals surface area contributed by atoms with Gasteiger partial charge in [0, 0.05) is 0 Å². The van der Waals surface area contributed by atoms with E-state index >= 15 is 0 Å². The Balaban J connectivity index is 3.47. The van der Waals surface area contributed by atoms with Crippen molar-refractivity contribution >= 4 is 30.4 Å². The average molecular weight is 560 g/mol. The minimum absolute atomic E-state index is 0.0458. The zero-order valence-electron chi connectivity index (χ0n) is 14.3. The molecule has 0 aliphatic heterocycles. The van der Waals surface area contributed by atoms with Crippen LogP contribution in [0.1, 0.15) is 20.8 Å². The number of halogens is 10. The van der Waals surface area contributed by atoms with Crippen LogP contribution in [0.5, 0.6) is 0 Å². The van der Waals surface area contributed by atoms with Crippen LogP contribution < -0.4 is 0 Å². The van der Waals surface area contributed by atoms with E-state index < -0.39 is 57.1 Å². The van der Waals surface area contributed by atoms with Crippen molar-refractivity contribution in [2.24, 2.45) is 0 Å². The van der Waals surface area contributed by atoms with Crippen LogP contribution in [0.2, 0.25) is 0 Å². The Hall–Kier alpha value is -0.770. The summed E-state index contributed by atoms with van der Waals surface area (Å²) >= 11 is -3.82. The summed E-state index contributed by atoms with van der Waals surface area (Å²) in [6.07, 6.45) is -7.13. The second-order valence-corrected chi connectivity index (χ2v) is 14.8. The van der Waals surface area contributed by atoms with Crippen molar-refractivity contribution in [1.29, 1.82) is 0 Å². The topological polar surface area (TPSA) is 43.4 Å². The van der Waals surface area contributed by atoms with Crippen LogP contribution in [0.25, 0.3) is 0 Å². The molecule has 0 bridgehead atoms. The molecule has 0 heterocycles.